The largest absolute Gasteiger partial charge is 0.488 e. The zero-order chi connectivity index (χ0) is 24.0. The van der Waals surface area contributed by atoms with Crippen LogP contribution in [-0.2, 0) is 17.6 Å². The van der Waals surface area contributed by atoms with Gasteiger partial charge >= 0.3 is 6.18 Å². The number of carbonyl (C=O) groups excluding carboxylic acids is 1. The van der Waals surface area contributed by atoms with Gasteiger partial charge in [-0.15, -0.1) is 0 Å². The Morgan fingerprint density at radius 3 is 2.58 bits per heavy atom. The first kappa shape index (κ1) is 24.4. The van der Waals surface area contributed by atoms with Crippen LogP contribution in [0.4, 0.5) is 18.9 Å². The third kappa shape index (κ3) is 6.60. The summed E-state index contributed by atoms with van der Waals surface area (Å²) in [7, 11) is 0. The van der Waals surface area contributed by atoms with Crippen molar-refractivity contribution in [1.82, 2.24) is 0 Å². The van der Waals surface area contributed by atoms with E-state index in [0.29, 0.717) is 20.8 Å². The summed E-state index contributed by atoms with van der Waals surface area (Å²) in [4.78, 5) is 12.6. The Morgan fingerprint density at radius 1 is 1.12 bits per heavy atom. The van der Waals surface area contributed by atoms with Gasteiger partial charge in [0.05, 0.1) is 5.56 Å². The van der Waals surface area contributed by atoms with E-state index in [0.717, 1.165) is 17.7 Å². The lowest BCUT2D eigenvalue weighted by Gasteiger charge is -2.12. The van der Waals surface area contributed by atoms with Gasteiger partial charge in [-0.3, -0.25) is 4.79 Å². The zero-order valence-electron chi connectivity index (χ0n) is 16.8. The van der Waals surface area contributed by atoms with E-state index < -0.39 is 17.6 Å². The SMILES string of the molecule is N#C/C(=C\c1cc(Br)ccc1OCc1ccccc1Cl)C(=O)Nc1cccc(C(F)(F)F)c1. The Morgan fingerprint density at radius 2 is 1.88 bits per heavy atom. The first-order chi connectivity index (χ1) is 15.7. The molecule has 0 aliphatic carbocycles. The van der Waals surface area contributed by atoms with Crippen LogP contribution in [0.3, 0.4) is 0 Å². The van der Waals surface area contributed by atoms with E-state index in [-0.39, 0.29) is 17.9 Å². The Hall–Kier alpha value is -3.28. The van der Waals surface area contributed by atoms with Gasteiger partial charge in [-0.1, -0.05) is 51.8 Å². The summed E-state index contributed by atoms with van der Waals surface area (Å²) in [5.74, 6) is -0.466. The zero-order valence-corrected chi connectivity index (χ0v) is 19.1. The van der Waals surface area contributed by atoms with Gasteiger partial charge in [-0.05, 0) is 48.5 Å². The lowest BCUT2D eigenvalue weighted by atomic mass is 10.1. The lowest BCUT2D eigenvalue weighted by Crippen LogP contribution is -2.14. The summed E-state index contributed by atoms with van der Waals surface area (Å²) in [5.41, 5.74) is -0.134. The van der Waals surface area contributed by atoms with Crippen molar-refractivity contribution in [2.45, 2.75) is 12.8 Å². The molecule has 33 heavy (non-hydrogen) atoms. The highest BCUT2D eigenvalue weighted by atomic mass is 79.9. The number of hydrogen-bond acceptors (Lipinski definition) is 3. The standard InChI is InChI=1S/C24H15BrClF3N2O2/c25-19-8-9-22(33-14-15-4-1-2-7-21(15)26)16(11-19)10-17(13-30)23(32)31-20-6-3-5-18(12-20)24(27,28)29/h1-12H,14H2,(H,31,32)/b17-10+. The number of benzene rings is 3. The van der Waals surface area contributed by atoms with Crippen molar-refractivity contribution in [1.29, 1.82) is 5.26 Å². The van der Waals surface area contributed by atoms with Gasteiger partial charge in [0.25, 0.3) is 5.91 Å². The number of anilines is 1. The van der Waals surface area contributed by atoms with Crippen molar-refractivity contribution in [3.63, 3.8) is 0 Å². The van der Waals surface area contributed by atoms with Crippen LogP contribution in [0.25, 0.3) is 6.08 Å². The first-order valence-corrected chi connectivity index (χ1v) is 10.6. The van der Waals surface area contributed by atoms with Crippen molar-refractivity contribution < 1.29 is 22.7 Å². The highest BCUT2D eigenvalue weighted by molar-refractivity contribution is 9.10. The second-order valence-electron chi connectivity index (χ2n) is 6.76. The molecule has 0 aliphatic heterocycles. The molecule has 4 nitrogen and oxygen atoms in total. The quantitative estimate of drug-likeness (QED) is 0.267. The Bertz CT molecular complexity index is 1250. The van der Waals surface area contributed by atoms with Gasteiger partial charge in [0.15, 0.2) is 0 Å². The molecule has 0 unspecified atom stereocenters. The summed E-state index contributed by atoms with van der Waals surface area (Å²) >= 11 is 9.49. The highest BCUT2D eigenvalue weighted by Gasteiger charge is 2.30. The molecule has 1 N–H and O–H groups in total. The molecule has 0 bridgehead atoms. The maximum Gasteiger partial charge on any atom is 0.416 e. The van der Waals surface area contributed by atoms with Gasteiger partial charge < -0.3 is 10.1 Å². The lowest BCUT2D eigenvalue weighted by molar-refractivity contribution is -0.137. The molecule has 0 spiro atoms. The number of nitriles is 1. The van der Waals surface area contributed by atoms with Crippen molar-refractivity contribution in [3.8, 4) is 11.8 Å². The maximum absolute atomic E-state index is 12.9. The maximum atomic E-state index is 12.9. The summed E-state index contributed by atoms with van der Waals surface area (Å²) < 4.78 is 45.3. The second-order valence-corrected chi connectivity index (χ2v) is 8.09. The van der Waals surface area contributed by atoms with E-state index in [1.807, 2.05) is 6.07 Å². The molecule has 3 aromatic carbocycles. The molecule has 0 aromatic heterocycles. The first-order valence-electron chi connectivity index (χ1n) is 9.43. The molecule has 9 heteroatoms. The third-order valence-corrected chi connectivity index (χ3v) is 5.29. The predicted molar refractivity (Wildman–Crippen MR) is 124 cm³/mol. The minimum Gasteiger partial charge on any atom is -0.488 e. The molecule has 0 fully saturated rings. The summed E-state index contributed by atoms with van der Waals surface area (Å²) in [6.45, 7) is 0.153. The number of nitrogens with zero attached hydrogens (tertiary/aromatic N) is 1. The normalized spacial score (nSPS) is 11.6. The molecule has 0 radical (unpaired) electrons. The van der Waals surface area contributed by atoms with Crippen LogP contribution in [0.2, 0.25) is 5.02 Å². The molecular weight excluding hydrogens is 521 g/mol. The molecule has 0 atom stereocenters. The van der Waals surface area contributed by atoms with Crippen LogP contribution in [-0.4, -0.2) is 5.91 Å². The van der Waals surface area contributed by atoms with Crippen LogP contribution in [0.15, 0.2) is 76.8 Å². The number of halogens is 5. The average Bonchev–Trinajstić information content (AvgIpc) is 2.77. The molecular formula is C24H15BrClF3N2O2. The van der Waals surface area contributed by atoms with Gasteiger partial charge in [0.2, 0.25) is 0 Å². The van der Waals surface area contributed by atoms with Crippen LogP contribution >= 0.6 is 27.5 Å². The van der Waals surface area contributed by atoms with E-state index in [9.17, 15) is 23.2 Å². The third-order valence-electron chi connectivity index (χ3n) is 4.43. The number of ether oxygens (including phenoxy) is 1. The van der Waals surface area contributed by atoms with Crippen LogP contribution in [0.5, 0.6) is 5.75 Å². The molecule has 0 aliphatic rings. The Kier molecular flexibility index (Phi) is 7.79. The van der Waals surface area contributed by atoms with Crippen molar-refractivity contribution in [2.75, 3.05) is 5.32 Å². The minimum atomic E-state index is -4.56. The van der Waals surface area contributed by atoms with Crippen LogP contribution in [0, 0.1) is 11.3 Å². The fourth-order valence-corrected chi connectivity index (χ4v) is 3.38. The monoisotopic (exact) mass is 534 g/mol. The van der Waals surface area contributed by atoms with E-state index in [4.69, 9.17) is 16.3 Å². The highest BCUT2D eigenvalue weighted by Crippen LogP contribution is 2.31. The summed E-state index contributed by atoms with van der Waals surface area (Å²) in [5, 5.41) is 12.4. The molecule has 168 valence electrons. The number of hydrogen-bond donors (Lipinski definition) is 1. The smallest absolute Gasteiger partial charge is 0.416 e. The van der Waals surface area contributed by atoms with E-state index in [2.05, 4.69) is 21.2 Å². The Balaban J connectivity index is 1.84. The average molecular weight is 536 g/mol. The van der Waals surface area contributed by atoms with Gasteiger partial charge in [0, 0.05) is 26.3 Å². The number of rotatable bonds is 6. The molecule has 0 saturated carbocycles. The molecule has 0 saturated heterocycles. The molecule has 0 heterocycles. The van der Waals surface area contributed by atoms with Crippen molar-refractivity contribution in [3.05, 3.63) is 98.5 Å². The second kappa shape index (κ2) is 10.6. The van der Waals surface area contributed by atoms with Crippen molar-refractivity contribution >= 4 is 45.2 Å². The minimum absolute atomic E-state index is 0.0830. The Labute approximate surface area is 201 Å². The van der Waals surface area contributed by atoms with Crippen molar-refractivity contribution in [2.24, 2.45) is 0 Å². The van der Waals surface area contributed by atoms with E-state index >= 15 is 0 Å². The van der Waals surface area contributed by atoms with Crippen LogP contribution in [0.1, 0.15) is 16.7 Å². The van der Waals surface area contributed by atoms with E-state index in [1.54, 1.807) is 42.5 Å². The summed E-state index contributed by atoms with van der Waals surface area (Å²) in [6, 6.07) is 18.1. The molecule has 1 amide bonds. The van der Waals surface area contributed by atoms with E-state index in [1.165, 1.54) is 18.2 Å². The molecule has 3 aromatic rings. The van der Waals surface area contributed by atoms with Gasteiger partial charge in [-0.25, -0.2) is 0 Å². The topological polar surface area (TPSA) is 62.1 Å². The van der Waals surface area contributed by atoms with Gasteiger partial charge in [-0.2, -0.15) is 18.4 Å². The number of nitrogens with one attached hydrogen (secondary N) is 1. The number of amides is 1. The predicted octanol–water partition coefficient (Wildman–Crippen LogP) is 7.25. The number of carbonyl (C=O) groups is 1. The summed E-state index contributed by atoms with van der Waals surface area (Å²) in [6.07, 6.45) is -3.26. The van der Waals surface area contributed by atoms with Gasteiger partial charge in [0.1, 0.15) is 24.0 Å². The number of alkyl halides is 3. The fourth-order valence-electron chi connectivity index (χ4n) is 2.81. The van der Waals surface area contributed by atoms with Crippen LogP contribution < -0.4 is 10.1 Å². The fraction of sp³-hybridized carbons (Fsp3) is 0.0833. The molecule has 3 rings (SSSR count).